The first-order chi connectivity index (χ1) is 13.5. The van der Waals surface area contributed by atoms with E-state index in [9.17, 15) is 4.79 Å². The third-order valence-corrected chi connectivity index (χ3v) is 5.56. The van der Waals surface area contributed by atoms with Gasteiger partial charge in [0.15, 0.2) is 5.13 Å². The zero-order valence-corrected chi connectivity index (χ0v) is 17.0. The van der Waals surface area contributed by atoms with Gasteiger partial charge in [0.05, 0.1) is 28.1 Å². The minimum atomic E-state index is -0.154. The van der Waals surface area contributed by atoms with Crippen LogP contribution in [0.5, 0.6) is 0 Å². The van der Waals surface area contributed by atoms with Crippen molar-refractivity contribution in [2.45, 2.75) is 26.9 Å². The predicted molar refractivity (Wildman–Crippen MR) is 112 cm³/mol. The molecule has 0 unspecified atom stereocenters. The fraction of sp³-hybridized carbons (Fsp3) is 0.200. The van der Waals surface area contributed by atoms with Crippen molar-refractivity contribution in [2.75, 3.05) is 4.90 Å². The van der Waals surface area contributed by atoms with Crippen molar-refractivity contribution in [3.63, 3.8) is 0 Å². The van der Waals surface area contributed by atoms with Gasteiger partial charge in [-0.2, -0.15) is 5.10 Å². The van der Waals surface area contributed by atoms with E-state index in [0.717, 1.165) is 21.6 Å². The van der Waals surface area contributed by atoms with E-state index in [-0.39, 0.29) is 5.91 Å². The van der Waals surface area contributed by atoms with E-state index in [1.165, 1.54) is 11.3 Å². The summed E-state index contributed by atoms with van der Waals surface area (Å²) in [6.45, 7) is 4.78. The molecular formula is C20H18ClN5OS. The molecule has 0 aliphatic carbocycles. The number of carbonyl (C=O) groups excluding carboxylic acids is 1. The van der Waals surface area contributed by atoms with Crippen molar-refractivity contribution < 1.29 is 4.79 Å². The molecule has 1 amide bonds. The predicted octanol–water partition coefficient (Wildman–Crippen LogP) is 4.72. The number of pyridine rings is 1. The Morgan fingerprint density at radius 2 is 2.11 bits per heavy atom. The number of nitrogens with zero attached hydrogens (tertiary/aromatic N) is 5. The molecule has 0 saturated carbocycles. The summed E-state index contributed by atoms with van der Waals surface area (Å²) in [5.41, 5.74) is 2.93. The van der Waals surface area contributed by atoms with E-state index in [1.807, 2.05) is 44.2 Å². The highest BCUT2D eigenvalue weighted by atomic mass is 35.5. The lowest BCUT2D eigenvalue weighted by Gasteiger charge is -2.19. The van der Waals surface area contributed by atoms with Gasteiger partial charge in [-0.3, -0.25) is 19.4 Å². The number of rotatable bonds is 5. The van der Waals surface area contributed by atoms with E-state index < -0.39 is 0 Å². The van der Waals surface area contributed by atoms with Gasteiger partial charge in [-0.1, -0.05) is 29.0 Å². The normalized spacial score (nSPS) is 11.1. The van der Waals surface area contributed by atoms with Gasteiger partial charge in [0, 0.05) is 17.8 Å². The lowest BCUT2D eigenvalue weighted by Crippen LogP contribution is -2.32. The molecular weight excluding hydrogens is 394 g/mol. The van der Waals surface area contributed by atoms with Gasteiger partial charge in [-0.25, -0.2) is 4.98 Å². The van der Waals surface area contributed by atoms with Crippen LogP contribution < -0.4 is 4.90 Å². The van der Waals surface area contributed by atoms with E-state index in [4.69, 9.17) is 11.6 Å². The van der Waals surface area contributed by atoms with Crippen LogP contribution in [-0.2, 0) is 13.1 Å². The molecule has 0 N–H and O–H groups in total. The minimum absolute atomic E-state index is 0.154. The lowest BCUT2D eigenvalue weighted by molar-refractivity contribution is 0.0974. The molecule has 142 valence electrons. The first-order valence-electron chi connectivity index (χ1n) is 8.87. The van der Waals surface area contributed by atoms with E-state index in [0.29, 0.717) is 28.9 Å². The quantitative estimate of drug-likeness (QED) is 0.476. The molecule has 0 aliphatic rings. The van der Waals surface area contributed by atoms with Crippen LogP contribution in [0, 0.1) is 6.92 Å². The Morgan fingerprint density at radius 3 is 2.86 bits per heavy atom. The lowest BCUT2D eigenvalue weighted by atomic mass is 10.3. The number of benzene rings is 1. The van der Waals surface area contributed by atoms with Crippen LogP contribution in [0.2, 0.25) is 5.02 Å². The Hall–Kier alpha value is -2.77. The Morgan fingerprint density at radius 1 is 1.25 bits per heavy atom. The number of aryl methyl sites for hydroxylation is 2. The molecule has 0 spiro atoms. The standard InChI is InChI=1S/C20H18ClN5OS/c1-3-26-17(10-13(2)24-26)19(27)25(12-15-6-4-5-9-22-15)20-23-16-8-7-14(21)11-18(16)28-20/h4-11H,3,12H2,1-2H3. The zero-order chi connectivity index (χ0) is 19.7. The highest BCUT2D eigenvalue weighted by Crippen LogP contribution is 2.32. The molecule has 1 aromatic carbocycles. The van der Waals surface area contributed by atoms with Crippen molar-refractivity contribution in [1.29, 1.82) is 0 Å². The van der Waals surface area contributed by atoms with Crippen LogP contribution in [0.3, 0.4) is 0 Å². The first kappa shape index (κ1) is 18.6. The fourth-order valence-electron chi connectivity index (χ4n) is 2.98. The van der Waals surface area contributed by atoms with Crippen molar-refractivity contribution in [2.24, 2.45) is 0 Å². The molecule has 0 fully saturated rings. The molecule has 8 heteroatoms. The summed E-state index contributed by atoms with van der Waals surface area (Å²) in [4.78, 5) is 24.2. The van der Waals surface area contributed by atoms with Crippen LogP contribution in [0.25, 0.3) is 10.2 Å². The van der Waals surface area contributed by atoms with Gasteiger partial charge in [0.1, 0.15) is 5.69 Å². The van der Waals surface area contributed by atoms with Crippen molar-refractivity contribution in [3.05, 3.63) is 70.8 Å². The second-order valence-corrected chi connectivity index (χ2v) is 7.75. The Kier molecular flexibility index (Phi) is 5.11. The maximum atomic E-state index is 13.5. The Labute approximate surface area is 171 Å². The summed E-state index contributed by atoms with van der Waals surface area (Å²) >= 11 is 7.55. The third kappa shape index (κ3) is 3.63. The van der Waals surface area contributed by atoms with Crippen molar-refractivity contribution >= 4 is 44.2 Å². The molecule has 4 aromatic rings. The van der Waals surface area contributed by atoms with Crippen molar-refractivity contribution in [3.8, 4) is 0 Å². The fourth-order valence-corrected chi connectivity index (χ4v) is 4.22. The highest BCUT2D eigenvalue weighted by molar-refractivity contribution is 7.22. The zero-order valence-electron chi connectivity index (χ0n) is 15.5. The van der Waals surface area contributed by atoms with Gasteiger partial charge < -0.3 is 0 Å². The summed E-state index contributed by atoms with van der Waals surface area (Å²) < 4.78 is 2.65. The molecule has 0 radical (unpaired) electrons. The highest BCUT2D eigenvalue weighted by Gasteiger charge is 2.25. The van der Waals surface area contributed by atoms with E-state index in [1.54, 1.807) is 27.9 Å². The molecule has 3 heterocycles. The summed E-state index contributed by atoms with van der Waals surface area (Å²) in [5, 5.41) is 5.66. The smallest absolute Gasteiger partial charge is 0.277 e. The number of anilines is 1. The number of hydrogen-bond acceptors (Lipinski definition) is 5. The molecule has 6 nitrogen and oxygen atoms in total. The summed E-state index contributed by atoms with van der Waals surface area (Å²) in [7, 11) is 0. The number of fused-ring (bicyclic) bond motifs is 1. The molecule has 0 saturated heterocycles. The summed E-state index contributed by atoms with van der Waals surface area (Å²) in [6, 6.07) is 13.0. The topological polar surface area (TPSA) is 63.9 Å². The molecule has 28 heavy (non-hydrogen) atoms. The van der Waals surface area contributed by atoms with Gasteiger partial charge in [-0.05, 0) is 50.2 Å². The third-order valence-electron chi connectivity index (χ3n) is 4.28. The second-order valence-electron chi connectivity index (χ2n) is 6.31. The van der Waals surface area contributed by atoms with Crippen molar-refractivity contribution in [1.82, 2.24) is 19.7 Å². The number of carbonyl (C=O) groups is 1. The van der Waals surface area contributed by atoms with Crippen LogP contribution >= 0.6 is 22.9 Å². The largest absolute Gasteiger partial charge is 0.278 e. The second kappa shape index (κ2) is 7.69. The Bertz CT molecular complexity index is 1140. The molecule has 0 atom stereocenters. The van der Waals surface area contributed by atoms with Crippen LogP contribution in [0.4, 0.5) is 5.13 Å². The number of halogens is 1. The Balaban J connectivity index is 1.79. The van der Waals surface area contributed by atoms with Crippen LogP contribution in [0.15, 0.2) is 48.7 Å². The average Bonchev–Trinajstić information content (AvgIpc) is 3.29. The first-order valence-corrected chi connectivity index (χ1v) is 10.1. The summed E-state index contributed by atoms with van der Waals surface area (Å²) in [5.74, 6) is -0.154. The maximum absolute atomic E-state index is 13.5. The molecule has 4 rings (SSSR count). The summed E-state index contributed by atoms with van der Waals surface area (Å²) in [6.07, 6.45) is 1.72. The average molecular weight is 412 g/mol. The van der Waals surface area contributed by atoms with Gasteiger partial charge in [0.2, 0.25) is 0 Å². The molecule has 3 aromatic heterocycles. The number of aromatic nitrogens is 4. The van der Waals surface area contributed by atoms with Gasteiger partial charge >= 0.3 is 0 Å². The minimum Gasteiger partial charge on any atom is -0.277 e. The SMILES string of the molecule is CCn1nc(C)cc1C(=O)N(Cc1ccccn1)c1nc2ccc(Cl)cc2s1. The van der Waals surface area contributed by atoms with Crippen LogP contribution in [0.1, 0.15) is 28.8 Å². The number of hydrogen-bond donors (Lipinski definition) is 0. The maximum Gasteiger partial charge on any atom is 0.278 e. The molecule has 0 aliphatic heterocycles. The van der Waals surface area contributed by atoms with Gasteiger partial charge in [0.25, 0.3) is 5.91 Å². The number of thiazole rings is 1. The monoisotopic (exact) mass is 411 g/mol. The van der Waals surface area contributed by atoms with E-state index >= 15 is 0 Å². The van der Waals surface area contributed by atoms with Gasteiger partial charge in [-0.15, -0.1) is 0 Å². The number of amides is 1. The van der Waals surface area contributed by atoms with E-state index in [2.05, 4.69) is 15.1 Å². The van der Waals surface area contributed by atoms with Crippen LogP contribution in [-0.4, -0.2) is 25.7 Å². The molecule has 0 bridgehead atoms.